The molecule has 0 aliphatic carbocycles. The van der Waals surface area contributed by atoms with Gasteiger partial charge in [0.15, 0.2) is 0 Å². The summed E-state index contributed by atoms with van der Waals surface area (Å²) < 4.78 is 0. The highest BCUT2D eigenvalue weighted by Crippen LogP contribution is 2.34. The molecule has 2 amide bonds. The second-order valence-electron chi connectivity index (χ2n) is 6.30. The van der Waals surface area contributed by atoms with Gasteiger partial charge in [-0.15, -0.1) is 23.1 Å². The molecule has 2 aliphatic heterocycles. The van der Waals surface area contributed by atoms with Gasteiger partial charge in [-0.25, -0.2) is 0 Å². The molecule has 0 atom stereocenters. The van der Waals surface area contributed by atoms with E-state index in [0.717, 1.165) is 35.8 Å². The van der Waals surface area contributed by atoms with Crippen LogP contribution in [0.4, 0.5) is 5.69 Å². The van der Waals surface area contributed by atoms with Gasteiger partial charge >= 0.3 is 0 Å². The Morgan fingerprint density at radius 3 is 2.80 bits per heavy atom. The summed E-state index contributed by atoms with van der Waals surface area (Å²) in [6, 6.07) is 10.1. The minimum atomic E-state index is 0.0503. The third kappa shape index (κ3) is 3.46. The molecule has 0 N–H and O–H groups in total. The van der Waals surface area contributed by atoms with E-state index in [4.69, 9.17) is 0 Å². The number of amides is 2. The van der Waals surface area contributed by atoms with Crippen LogP contribution < -0.4 is 4.90 Å². The molecular weight excluding hydrogens is 352 g/mol. The van der Waals surface area contributed by atoms with E-state index in [-0.39, 0.29) is 18.2 Å². The minimum absolute atomic E-state index is 0.0503. The lowest BCUT2D eigenvalue weighted by molar-refractivity contribution is -0.134. The van der Waals surface area contributed by atoms with Gasteiger partial charge < -0.3 is 9.80 Å². The zero-order valence-corrected chi connectivity index (χ0v) is 15.6. The molecule has 0 spiro atoms. The number of thioether (sulfide) groups is 1. The number of carbonyl (C=O) groups excluding carboxylic acids is 2. The molecule has 0 fully saturated rings. The van der Waals surface area contributed by atoms with Crippen molar-refractivity contribution in [2.45, 2.75) is 30.7 Å². The molecule has 0 radical (unpaired) electrons. The monoisotopic (exact) mass is 372 g/mol. The Morgan fingerprint density at radius 2 is 1.88 bits per heavy atom. The number of hydrogen-bond acceptors (Lipinski definition) is 4. The van der Waals surface area contributed by atoms with Crippen molar-refractivity contribution in [2.24, 2.45) is 0 Å². The van der Waals surface area contributed by atoms with Crippen LogP contribution in [0.25, 0.3) is 0 Å². The SMILES string of the molecule is O=C(CCC(=O)N1CCSc2ccccc21)N1CCc2sccc2C1. The number of anilines is 1. The molecule has 1 aromatic heterocycles. The second-order valence-corrected chi connectivity index (χ2v) is 8.43. The van der Waals surface area contributed by atoms with Crippen molar-refractivity contribution in [3.8, 4) is 0 Å². The molecule has 25 heavy (non-hydrogen) atoms. The van der Waals surface area contributed by atoms with Gasteiger partial charge in [0.05, 0.1) is 5.69 Å². The number of thiophene rings is 1. The summed E-state index contributed by atoms with van der Waals surface area (Å²) in [5, 5.41) is 2.09. The Kier molecular flexibility index (Phi) is 4.81. The fourth-order valence-corrected chi connectivity index (χ4v) is 5.28. The summed E-state index contributed by atoms with van der Waals surface area (Å²) in [5.41, 5.74) is 2.25. The van der Waals surface area contributed by atoms with Crippen molar-refractivity contribution >= 4 is 40.6 Å². The Bertz CT molecular complexity index is 802. The normalized spacial score (nSPS) is 16.3. The standard InChI is InChI=1S/C19H20N2O2S2/c22-18(20-9-7-16-14(13-20)8-11-24-16)5-6-19(23)21-10-12-25-17-4-2-1-3-15(17)21/h1-4,8,11H,5-7,9-10,12-13H2. The van der Waals surface area contributed by atoms with Crippen LogP contribution in [0.15, 0.2) is 40.6 Å². The molecule has 4 rings (SSSR count). The second kappa shape index (κ2) is 7.22. The molecule has 4 nitrogen and oxygen atoms in total. The molecule has 2 aliphatic rings. The summed E-state index contributed by atoms with van der Waals surface area (Å²) in [5.74, 6) is 1.04. The highest BCUT2D eigenvalue weighted by Gasteiger charge is 2.25. The summed E-state index contributed by atoms with van der Waals surface area (Å²) in [4.78, 5) is 31.4. The number of para-hydroxylation sites is 1. The molecule has 6 heteroatoms. The van der Waals surface area contributed by atoms with Crippen LogP contribution in [-0.4, -0.2) is 35.6 Å². The molecule has 0 bridgehead atoms. The van der Waals surface area contributed by atoms with Gasteiger partial charge in [0.1, 0.15) is 0 Å². The number of hydrogen-bond donors (Lipinski definition) is 0. The van der Waals surface area contributed by atoms with Gasteiger partial charge in [0.25, 0.3) is 0 Å². The van der Waals surface area contributed by atoms with E-state index in [1.165, 1.54) is 10.4 Å². The first-order valence-corrected chi connectivity index (χ1v) is 10.4. The van der Waals surface area contributed by atoms with Crippen LogP contribution in [0.1, 0.15) is 23.3 Å². The highest BCUT2D eigenvalue weighted by atomic mass is 32.2. The molecule has 3 heterocycles. The quantitative estimate of drug-likeness (QED) is 0.827. The maximum absolute atomic E-state index is 12.7. The number of carbonyl (C=O) groups is 2. The van der Waals surface area contributed by atoms with Crippen LogP contribution in [-0.2, 0) is 22.6 Å². The molecule has 0 saturated heterocycles. The van der Waals surface area contributed by atoms with E-state index in [9.17, 15) is 9.59 Å². The fraction of sp³-hybridized carbons (Fsp3) is 0.368. The van der Waals surface area contributed by atoms with Crippen molar-refractivity contribution in [2.75, 3.05) is 23.7 Å². The van der Waals surface area contributed by atoms with E-state index < -0.39 is 0 Å². The molecule has 2 aromatic rings. The van der Waals surface area contributed by atoms with E-state index in [0.29, 0.717) is 13.0 Å². The topological polar surface area (TPSA) is 40.6 Å². The van der Waals surface area contributed by atoms with Crippen molar-refractivity contribution in [3.63, 3.8) is 0 Å². The molecule has 130 valence electrons. The van der Waals surface area contributed by atoms with Crippen molar-refractivity contribution in [1.82, 2.24) is 4.90 Å². The first-order valence-electron chi connectivity index (χ1n) is 8.57. The van der Waals surface area contributed by atoms with Gasteiger partial charge in [0.2, 0.25) is 11.8 Å². The van der Waals surface area contributed by atoms with Crippen LogP contribution in [0, 0.1) is 0 Å². The van der Waals surface area contributed by atoms with E-state index in [2.05, 4.69) is 17.5 Å². The lowest BCUT2D eigenvalue weighted by Gasteiger charge is -2.30. The fourth-order valence-electron chi connectivity index (χ4n) is 3.40. The maximum atomic E-state index is 12.7. The summed E-state index contributed by atoms with van der Waals surface area (Å²) >= 11 is 3.55. The first kappa shape index (κ1) is 16.7. The Balaban J connectivity index is 1.36. The van der Waals surface area contributed by atoms with E-state index >= 15 is 0 Å². The van der Waals surface area contributed by atoms with Gasteiger partial charge in [-0.3, -0.25) is 9.59 Å². The zero-order chi connectivity index (χ0) is 17.2. The lowest BCUT2D eigenvalue weighted by Crippen LogP contribution is -2.38. The maximum Gasteiger partial charge on any atom is 0.227 e. The summed E-state index contributed by atoms with van der Waals surface area (Å²) in [7, 11) is 0. The minimum Gasteiger partial charge on any atom is -0.338 e. The third-order valence-corrected chi connectivity index (χ3v) is 6.81. The van der Waals surface area contributed by atoms with E-state index in [1.54, 1.807) is 23.1 Å². The van der Waals surface area contributed by atoms with Crippen molar-refractivity contribution in [3.05, 3.63) is 46.2 Å². The zero-order valence-electron chi connectivity index (χ0n) is 13.9. The van der Waals surface area contributed by atoms with Crippen molar-refractivity contribution < 1.29 is 9.59 Å². The van der Waals surface area contributed by atoms with Gasteiger partial charge in [0, 0.05) is 48.0 Å². The van der Waals surface area contributed by atoms with Crippen LogP contribution >= 0.6 is 23.1 Å². The summed E-state index contributed by atoms with van der Waals surface area (Å²) in [6.45, 7) is 2.18. The lowest BCUT2D eigenvalue weighted by atomic mass is 10.1. The third-order valence-electron chi connectivity index (χ3n) is 4.74. The van der Waals surface area contributed by atoms with Crippen LogP contribution in [0.3, 0.4) is 0 Å². The number of rotatable bonds is 3. The Morgan fingerprint density at radius 1 is 1.04 bits per heavy atom. The Hall–Kier alpha value is -1.79. The number of nitrogens with zero attached hydrogens (tertiary/aromatic N) is 2. The average molecular weight is 373 g/mol. The van der Waals surface area contributed by atoms with Gasteiger partial charge in [-0.05, 0) is 35.6 Å². The number of fused-ring (bicyclic) bond motifs is 2. The van der Waals surface area contributed by atoms with Crippen molar-refractivity contribution in [1.29, 1.82) is 0 Å². The van der Waals surface area contributed by atoms with Gasteiger partial charge in [-0.2, -0.15) is 0 Å². The van der Waals surface area contributed by atoms with E-state index in [1.807, 2.05) is 28.0 Å². The largest absolute Gasteiger partial charge is 0.338 e. The van der Waals surface area contributed by atoms with Crippen LogP contribution in [0.2, 0.25) is 0 Å². The highest BCUT2D eigenvalue weighted by molar-refractivity contribution is 7.99. The predicted octanol–water partition coefficient (Wildman–Crippen LogP) is 3.55. The molecular formula is C19H20N2O2S2. The molecule has 0 saturated carbocycles. The predicted molar refractivity (Wildman–Crippen MR) is 102 cm³/mol. The summed E-state index contributed by atoms with van der Waals surface area (Å²) in [6.07, 6.45) is 1.51. The molecule has 0 unspecified atom stereocenters. The number of benzene rings is 1. The smallest absolute Gasteiger partial charge is 0.227 e. The Labute approximate surface area is 155 Å². The van der Waals surface area contributed by atoms with Gasteiger partial charge in [-0.1, -0.05) is 12.1 Å². The first-order chi connectivity index (χ1) is 12.2. The average Bonchev–Trinajstić information content (AvgIpc) is 3.13. The van der Waals surface area contributed by atoms with Crippen LogP contribution in [0.5, 0.6) is 0 Å². The molecule has 1 aromatic carbocycles.